The summed E-state index contributed by atoms with van der Waals surface area (Å²) >= 11 is 11.8. The molecule has 0 saturated carbocycles. The van der Waals surface area contributed by atoms with Crippen LogP contribution in [-0.4, -0.2) is 24.4 Å². The zero-order valence-electron chi connectivity index (χ0n) is 10.2. The number of carbonyl (C=O) groups excluding carboxylic acids is 1. The monoisotopic (exact) mass is 273 g/mol. The van der Waals surface area contributed by atoms with Gasteiger partial charge in [0.1, 0.15) is 0 Å². The largest absolute Gasteiger partial charge is 0.345 e. The lowest BCUT2D eigenvalue weighted by atomic mass is 10.1. The average molecular weight is 274 g/mol. The fourth-order valence-corrected chi connectivity index (χ4v) is 2.11. The molecule has 4 heteroatoms. The summed E-state index contributed by atoms with van der Waals surface area (Å²) in [5, 5.41) is 1.13. The summed E-state index contributed by atoms with van der Waals surface area (Å²) in [6, 6.07) is 5.22. The quantitative estimate of drug-likeness (QED) is 0.799. The Morgan fingerprint density at radius 1 is 1.24 bits per heavy atom. The summed E-state index contributed by atoms with van der Waals surface area (Å²) in [7, 11) is 1.82. The molecule has 17 heavy (non-hydrogen) atoms. The van der Waals surface area contributed by atoms with Gasteiger partial charge in [0.2, 0.25) is 5.91 Å². The van der Waals surface area contributed by atoms with Gasteiger partial charge in [0.15, 0.2) is 0 Å². The van der Waals surface area contributed by atoms with E-state index in [0.717, 1.165) is 24.9 Å². The van der Waals surface area contributed by atoms with Crippen molar-refractivity contribution in [1.82, 2.24) is 4.90 Å². The number of hydrogen-bond acceptors (Lipinski definition) is 1. The molecule has 0 aromatic heterocycles. The molecule has 0 heterocycles. The number of benzene rings is 1. The molecule has 0 atom stereocenters. The van der Waals surface area contributed by atoms with Gasteiger partial charge in [0.25, 0.3) is 0 Å². The standard InChI is InChI=1S/C13H17Cl2NO/c1-3-4-5-16(2)13(17)8-10-6-11(14)9-12(15)7-10/h6-7,9H,3-5,8H2,1-2H3. The van der Waals surface area contributed by atoms with Crippen LogP contribution in [0.5, 0.6) is 0 Å². The minimum atomic E-state index is 0.0942. The van der Waals surface area contributed by atoms with Crippen LogP contribution in [0.2, 0.25) is 10.0 Å². The van der Waals surface area contributed by atoms with E-state index in [1.807, 2.05) is 7.05 Å². The van der Waals surface area contributed by atoms with Crippen molar-refractivity contribution in [3.8, 4) is 0 Å². The number of carbonyl (C=O) groups is 1. The molecule has 2 nitrogen and oxygen atoms in total. The first-order valence-electron chi connectivity index (χ1n) is 5.72. The van der Waals surface area contributed by atoms with E-state index in [1.54, 1.807) is 23.1 Å². The minimum Gasteiger partial charge on any atom is -0.345 e. The van der Waals surface area contributed by atoms with Crippen LogP contribution in [0.1, 0.15) is 25.3 Å². The van der Waals surface area contributed by atoms with Crippen molar-refractivity contribution in [3.63, 3.8) is 0 Å². The van der Waals surface area contributed by atoms with Gasteiger partial charge >= 0.3 is 0 Å². The maximum atomic E-state index is 11.9. The van der Waals surface area contributed by atoms with Crippen LogP contribution in [0.25, 0.3) is 0 Å². The third kappa shape index (κ3) is 4.97. The Labute approximate surface area is 113 Å². The molecule has 1 aromatic rings. The van der Waals surface area contributed by atoms with E-state index in [2.05, 4.69) is 6.92 Å². The van der Waals surface area contributed by atoms with E-state index in [4.69, 9.17) is 23.2 Å². The molecule has 0 aliphatic rings. The third-order valence-electron chi connectivity index (χ3n) is 2.55. The highest BCUT2D eigenvalue weighted by molar-refractivity contribution is 6.34. The Bertz CT molecular complexity index is 373. The Morgan fingerprint density at radius 2 is 1.82 bits per heavy atom. The molecule has 1 amide bonds. The van der Waals surface area contributed by atoms with Gasteiger partial charge in [-0.15, -0.1) is 0 Å². The summed E-state index contributed by atoms with van der Waals surface area (Å²) in [6.07, 6.45) is 2.46. The molecule has 0 radical (unpaired) electrons. The molecule has 94 valence electrons. The van der Waals surface area contributed by atoms with Crippen LogP contribution in [0.4, 0.5) is 0 Å². The number of rotatable bonds is 5. The predicted octanol–water partition coefficient (Wildman–Crippen LogP) is 3.79. The summed E-state index contributed by atoms with van der Waals surface area (Å²) in [6.45, 7) is 2.90. The molecule has 0 saturated heterocycles. The molecule has 0 bridgehead atoms. The van der Waals surface area contributed by atoms with Crippen molar-refractivity contribution in [2.75, 3.05) is 13.6 Å². The van der Waals surface area contributed by atoms with Crippen LogP contribution >= 0.6 is 23.2 Å². The topological polar surface area (TPSA) is 20.3 Å². The Hall–Kier alpha value is -0.730. The molecule has 0 unspecified atom stereocenters. The summed E-state index contributed by atoms with van der Waals surface area (Å²) in [5.74, 6) is 0.0942. The van der Waals surface area contributed by atoms with E-state index in [0.29, 0.717) is 16.5 Å². The zero-order valence-corrected chi connectivity index (χ0v) is 11.7. The summed E-state index contributed by atoms with van der Waals surface area (Å²) in [5.41, 5.74) is 0.857. The number of amides is 1. The maximum Gasteiger partial charge on any atom is 0.226 e. The second-order valence-electron chi connectivity index (χ2n) is 4.12. The van der Waals surface area contributed by atoms with Gasteiger partial charge in [0, 0.05) is 23.6 Å². The highest BCUT2D eigenvalue weighted by atomic mass is 35.5. The van der Waals surface area contributed by atoms with Gasteiger partial charge in [-0.05, 0) is 30.2 Å². The predicted molar refractivity (Wildman–Crippen MR) is 72.7 cm³/mol. The molecule has 0 aliphatic heterocycles. The first kappa shape index (κ1) is 14.3. The average Bonchev–Trinajstić information content (AvgIpc) is 2.24. The van der Waals surface area contributed by atoms with Crippen LogP contribution in [0.3, 0.4) is 0 Å². The van der Waals surface area contributed by atoms with Crippen molar-refractivity contribution < 1.29 is 4.79 Å². The van der Waals surface area contributed by atoms with Crippen molar-refractivity contribution in [1.29, 1.82) is 0 Å². The van der Waals surface area contributed by atoms with Crippen LogP contribution in [-0.2, 0) is 11.2 Å². The number of unbranched alkanes of at least 4 members (excludes halogenated alkanes) is 1. The molecular weight excluding hydrogens is 257 g/mol. The number of likely N-dealkylation sites (N-methyl/N-ethyl adjacent to an activating group) is 1. The number of halogens is 2. The van der Waals surface area contributed by atoms with Crippen molar-refractivity contribution in [2.45, 2.75) is 26.2 Å². The maximum absolute atomic E-state index is 11.9. The Kier molecular flexibility index (Phi) is 5.79. The molecule has 1 aromatic carbocycles. The van der Waals surface area contributed by atoms with Gasteiger partial charge < -0.3 is 4.90 Å². The molecule has 0 spiro atoms. The fourth-order valence-electron chi connectivity index (χ4n) is 1.54. The van der Waals surface area contributed by atoms with Gasteiger partial charge in [0.05, 0.1) is 6.42 Å². The van der Waals surface area contributed by atoms with Gasteiger partial charge in [-0.2, -0.15) is 0 Å². The Balaban J connectivity index is 2.61. The smallest absolute Gasteiger partial charge is 0.226 e. The van der Waals surface area contributed by atoms with Crippen LogP contribution < -0.4 is 0 Å². The molecule has 0 N–H and O–H groups in total. The fraction of sp³-hybridized carbons (Fsp3) is 0.462. The second-order valence-corrected chi connectivity index (χ2v) is 5.00. The van der Waals surface area contributed by atoms with Crippen LogP contribution in [0, 0.1) is 0 Å². The lowest BCUT2D eigenvalue weighted by Gasteiger charge is -2.16. The van der Waals surface area contributed by atoms with Crippen LogP contribution in [0.15, 0.2) is 18.2 Å². The SMILES string of the molecule is CCCCN(C)C(=O)Cc1cc(Cl)cc(Cl)c1. The summed E-state index contributed by atoms with van der Waals surface area (Å²) in [4.78, 5) is 13.6. The third-order valence-corrected chi connectivity index (χ3v) is 2.99. The summed E-state index contributed by atoms with van der Waals surface area (Å²) < 4.78 is 0. The number of hydrogen-bond donors (Lipinski definition) is 0. The van der Waals surface area contributed by atoms with Gasteiger partial charge in [-0.25, -0.2) is 0 Å². The molecule has 0 fully saturated rings. The lowest BCUT2D eigenvalue weighted by Crippen LogP contribution is -2.29. The lowest BCUT2D eigenvalue weighted by molar-refractivity contribution is -0.129. The van der Waals surface area contributed by atoms with Crippen molar-refractivity contribution in [2.24, 2.45) is 0 Å². The number of nitrogens with zero attached hydrogens (tertiary/aromatic N) is 1. The van der Waals surface area contributed by atoms with Gasteiger partial charge in [-0.3, -0.25) is 4.79 Å². The van der Waals surface area contributed by atoms with E-state index in [9.17, 15) is 4.79 Å². The Morgan fingerprint density at radius 3 is 2.35 bits per heavy atom. The molecule has 0 aliphatic carbocycles. The molecule has 1 rings (SSSR count). The molecular formula is C13H17Cl2NO. The van der Waals surface area contributed by atoms with Gasteiger partial charge in [-0.1, -0.05) is 36.5 Å². The highest BCUT2D eigenvalue weighted by Gasteiger charge is 2.10. The van der Waals surface area contributed by atoms with E-state index in [1.165, 1.54) is 0 Å². The van der Waals surface area contributed by atoms with Crippen molar-refractivity contribution >= 4 is 29.1 Å². The zero-order chi connectivity index (χ0) is 12.8. The van der Waals surface area contributed by atoms with E-state index >= 15 is 0 Å². The van der Waals surface area contributed by atoms with E-state index < -0.39 is 0 Å². The first-order valence-corrected chi connectivity index (χ1v) is 6.47. The normalized spacial score (nSPS) is 10.4. The van der Waals surface area contributed by atoms with Crippen molar-refractivity contribution in [3.05, 3.63) is 33.8 Å². The van der Waals surface area contributed by atoms with E-state index in [-0.39, 0.29) is 5.91 Å². The second kappa shape index (κ2) is 6.87. The first-order chi connectivity index (χ1) is 8.02. The highest BCUT2D eigenvalue weighted by Crippen LogP contribution is 2.19. The minimum absolute atomic E-state index is 0.0942.